The Morgan fingerprint density at radius 1 is 0.394 bits per heavy atom. The van der Waals surface area contributed by atoms with Gasteiger partial charge >= 0.3 is 0 Å². The molecule has 15 aromatic rings. The quantitative estimate of drug-likeness (QED) is 0.0382. The summed E-state index contributed by atoms with van der Waals surface area (Å²) in [6.07, 6.45) is 4.07. The summed E-state index contributed by atoms with van der Waals surface area (Å²) in [7, 11) is 0. The molecule has 1 unspecified atom stereocenters. The second-order valence-corrected chi connectivity index (χ2v) is 37.7. The van der Waals surface area contributed by atoms with Gasteiger partial charge in [-0.3, -0.25) is 49.0 Å². The first-order chi connectivity index (χ1) is 66.0. The molecule has 3 amide bonds. The third-order valence-corrected chi connectivity index (χ3v) is 25.2. The zero-order valence-electron chi connectivity index (χ0n) is 80.3. The van der Waals surface area contributed by atoms with Crippen molar-refractivity contribution in [3.05, 3.63) is 319 Å². The minimum atomic E-state index is -0.684. The number of benzene rings is 8. The number of aryl methyl sites for hydroxylation is 5. The van der Waals surface area contributed by atoms with Crippen molar-refractivity contribution in [2.75, 3.05) is 65.8 Å². The maximum absolute atomic E-state index is 13.3. The lowest BCUT2D eigenvalue weighted by molar-refractivity contribution is 0.0894. The summed E-state index contributed by atoms with van der Waals surface area (Å²) in [6, 6.07) is 63.2. The van der Waals surface area contributed by atoms with Crippen LogP contribution in [0.2, 0.25) is 0 Å². The van der Waals surface area contributed by atoms with Gasteiger partial charge < -0.3 is 70.7 Å². The van der Waals surface area contributed by atoms with Gasteiger partial charge in [-0.25, -0.2) is 4.98 Å². The predicted molar refractivity (Wildman–Crippen MR) is 534 cm³/mol. The first kappa shape index (κ1) is 95.9. The van der Waals surface area contributed by atoms with E-state index < -0.39 is 16.5 Å². The third kappa shape index (κ3) is 21.8. The molecule has 8 aromatic carbocycles. The number of para-hydroxylation sites is 5. The molecule has 0 saturated heterocycles. The summed E-state index contributed by atoms with van der Waals surface area (Å²) in [4.78, 5) is 88.7. The van der Waals surface area contributed by atoms with E-state index in [0.29, 0.717) is 123 Å². The minimum Gasteiger partial charge on any atom is -0.491 e. The average molecular weight is 1840 g/mol. The Hall–Kier alpha value is -14.2. The number of pyridine rings is 5. The number of hydrogen-bond donors (Lipinski definition) is 9. The lowest BCUT2D eigenvalue weighted by Gasteiger charge is -2.28. The Kier molecular flexibility index (Phi) is 29.4. The number of rotatable bonds is 17. The Balaban J connectivity index is 0.000000124. The fraction of sp³-hybridized carbons (Fsp3) is 0.327. The van der Waals surface area contributed by atoms with E-state index in [1.807, 2.05) is 190 Å². The monoisotopic (exact) mass is 1840 g/mol. The molecule has 5 aliphatic heterocycles. The number of hydrogen-bond acceptors (Lipinski definition) is 23. The largest absolute Gasteiger partial charge is 0.491 e. The molecular formula is C110H120N16O11. The van der Waals surface area contributed by atoms with E-state index in [1.54, 1.807) is 24.5 Å². The number of nitrogens with one attached hydrogen (secondary N) is 9. The second kappa shape index (κ2) is 42.0. The van der Waals surface area contributed by atoms with Crippen molar-refractivity contribution in [2.24, 2.45) is 0 Å². The highest BCUT2D eigenvalue weighted by Gasteiger charge is 2.37. The molecule has 137 heavy (non-hydrogen) atoms. The topological polar surface area (TPSA) is 347 Å². The summed E-state index contributed by atoms with van der Waals surface area (Å²) >= 11 is 0. The number of aromatic nitrogens is 8. The molecule has 0 fully saturated rings. The van der Waals surface area contributed by atoms with Gasteiger partial charge in [-0.1, -0.05) is 172 Å². The number of Topliss-reactive ketones (excluding diaryl/α,β-unsaturated/α-hetero) is 2. The molecule has 7 aromatic heterocycles. The van der Waals surface area contributed by atoms with Crippen LogP contribution in [0, 0.1) is 34.6 Å². The van der Waals surface area contributed by atoms with Gasteiger partial charge in [-0.15, -0.1) is 0 Å². The first-order valence-corrected chi connectivity index (χ1v) is 46.9. The van der Waals surface area contributed by atoms with Crippen LogP contribution in [0.15, 0.2) is 211 Å². The van der Waals surface area contributed by atoms with Crippen molar-refractivity contribution in [3.8, 4) is 28.7 Å². The number of aromatic amines is 1. The molecule has 20 rings (SSSR count). The van der Waals surface area contributed by atoms with E-state index >= 15 is 0 Å². The maximum Gasteiger partial charge on any atom is 0.274 e. The molecule has 0 spiro atoms. The van der Waals surface area contributed by atoms with E-state index in [0.717, 1.165) is 184 Å². The summed E-state index contributed by atoms with van der Waals surface area (Å²) in [5.74, 6) is 2.78. The lowest BCUT2D eigenvalue weighted by Crippen LogP contribution is -2.42. The number of fused-ring (bicyclic) bond motifs is 10. The van der Waals surface area contributed by atoms with Crippen LogP contribution in [0.1, 0.15) is 218 Å². The summed E-state index contributed by atoms with van der Waals surface area (Å²) in [6.45, 7) is 38.0. The highest BCUT2D eigenvalue weighted by molar-refractivity contribution is 6.03. The van der Waals surface area contributed by atoms with Gasteiger partial charge in [-0.05, 0) is 151 Å². The zero-order valence-corrected chi connectivity index (χ0v) is 80.3. The maximum atomic E-state index is 13.3. The minimum absolute atomic E-state index is 0.0536. The predicted octanol–water partition coefficient (Wildman–Crippen LogP) is 17.8. The van der Waals surface area contributed by atoms with E-state index in [2.05, 4.69) is 157 Å². The van der Waals surface area contributed by atoms with E-state index in [4.69, 9.17) is 43.2 Å². The van der Waals surface area contributed by atoms with E-state index in [-0.39, 0.29) is 40.7 Å². The van der Waals surface area contributed by atoms with Crippen LogP contribution in [-0.2, 0) is 54.6 Å². The number of ether oxygens (including phenoxy) is 5. The second-order valence-electron chi connectivity index (χ2n) is 37.7. The Bertz CT molecular complexity index is 6620. The van der Waals surface area contributed by atoms with Crippen molar-refractivity contribution in [1.29, 1.82) is 0 Å². The molecule has 27 nitrogen and oxygen atoms in total. The van der Waals surface area contributed by atoms with Crippen LogP contribution < -0.4 is 66.2 Å². The molecule has 0 saturated carbocycles. The summed E-state index contributed by atoms with van der Waals surface area (Å²) < 4.78 is 34.7. The van der Waals surface area contributed by atoms with E-state index in [9.17, 15) is 24.0 Å². The third-order valence-electron chi connectivity index (χ3n) is 25.2. The lowest BCUT2D eigenvalue weighted by atomic mass is 9.80. The van der Waals surface area contributed by atoms with Gasteiger partial charge in [0.15, 0.2) is 34.3 Å². The Morgan fingerprint density at radius 2 is 0.803 bits per heavy atom. The molecule has 0 bridgehead atoms. The Labute approximate surface area is 798 Å². The molecule has 9 N–H and O–H groups in total. The average Bonchev–Trinajstić information content (AvgIpc) is 1.54. The normalized spacial score (nSPS) is 14.4. The van der Waals surface area contributed by atoms with Crippen LogP contribution in [0.25, 0.3) is 54.2 Å². The van der Waals surface area contributed by atoms with Gasteiger partial charge in [0.25, 0.3) is 17.7 Å². The van der Waals surface area contributed by atoms with Crippen LogP contribution in [0.4, 0.5) is 0 Å². The molecule has 0 radical (unpaired) electrons. The van der Waals surface area contributed by atoms with Gasteiger partial charge in [0, 0.05) is 173 Å². The molecule has 27 heteroatoms. The van der Waals surface area contributed by atoms with Crippen LogP contribution in [0.3, 0.4) is 0 Å². The van der Waals surface area contributed by atoms with E-state index in [1.165, 1.54) is 0 Å². The number of ketones is 2. The number of amides is 3. The van der Waals surface area contributed by atoms with Gasteiger partial charge in [-0.2, -0.15) is 5.10 Å². The molecule has 1 atom stereocenters. The van der Waals surface area contributed by atoms with Gasteiger partial charge in [0.2, 0.25) is 0 Å². The van der Waals surface area contributed by atoms with Crippen molar-refractivity contribution >= 4 is 83.5 Å². The summed E-state index contributed by atoms with van der Waals surface area (Å²) in [5.41, 5.74) is 16.4. The number of carbonyl (C=O) groups is 5. The number of nitrogens with zero attached hydrogens (tertiary/aromatic N) is 7. The van der Waals surface area contributed by atoms with Crippen molar-refractivity contribution in [1.82, 2.24) is 82.8 Å². The van der Waals surface area contributed by atoms with Gasteiger partial charge in [0.05, 0.1) is 67.7 Å². The highest BCUT2D eigenvalue weighted by atomic mass is 16.5. The van der Waals surface area contributed by atoms with Crippen molar-refractivity contribution in [2.45, 2.75) is 170 Å². The molecule has 12 heterocycles. The standard InChI is InChI=1S/2C23H25N3O2.C22H24N4O2.C22H25N3O2.C20H21N3O3/c1-15-13-16-7-4-5-9-18(16)21(25-15)23(2,3)26-22(27)19-10-6-8-17-14-24-11-12-28-20(17)19;1-15-12-16-6-4-5-7-17(16)22(26-15)23(2,3)13-20(27)18-8-9-25-19-14-24-10-11-28-21(18)19;1-14-12-15-6-4-5-7-17(15)20(25-14)22(2,3)26-21(27)18-19-16(8-9-24-18)13-23-10-11-28-19;1-14-6-4-9-17-19(14)24-25-21(17)22(2,3)12-18(26)16-8-5-7-15-13-23-10-11-27-20(15)16;1-12-5-3-7-15-17(23-26-18(12)15)13(2)22-20(24)16-8-4-6-14-11-21-9-10-25-19(14)16/h4-10,13,24H,11-12,14H2,1-3H3,(H,26,27);4-9,12,24H,10-11,13-14H2,1-3H3;4-9,12,23H,10-11,13H2,1-3H3,(H,26,27);4-9,23H,10-13H2,1-3H3,(H,24,25);3-8,13,21H,9-11H2,1-2H3,(H,22,24). The smallest absolute Gasteiger partial charge is 0.274 e. The highest BCUT2D eigenvalue weighted by Crippen LogP contribution is 2.41. The van der Waals surface area contributed by atoms with Crippen LogP contribution in [-0.4, -0.2) is 135 Å². The van der Waals surface area contributed by atoms with Crippen molar-refractivity contribution in [3.63, 3.8) is 0 Å². The molecule has 706 valence electrons. The first-order valence-electron chi connectivity index (χ1n) is 46.9. The van der Waals surface area contributed by atoms with Crippen LogP contribution >= 0.6 is 0 Å². The number of carbonyl (C=O) groups excluding carboxylic acids is 5. The molecule has 5 aliphatic rings. The number of H-pyrrole nitrogens is 1. The molecular weight excluding hydrogens is 1720 g/mol. The van der Waals surface area contributed by atoms with Crippen LogP contribution in [0.5, 0.6) is 28.7 Å². The van der Waals surface area contributed by atoms with Gasteiger partial charge in [0.1, 0.15) is 56.0 Å². The van der Waals surface area contributed by atoms with Crippen molar-refractivity contribution < 1.29 is 52.2 Å². The fourth-order valence-corrected chi connectivity index (χ4v) is 18.3. The molecule has 0 aliphatic carbocycles. The SMILES string of the molecule is Cc1cc2ccccc2c(C(C)(C)CC(=O)c2ccnc3c2OCCNC3)n1.Cc1cc2ccccc2c(C(C)(C)NC(=O)c2cccc3c2OCCNC3)n1.Cc1cc2ccccc2c(C(C)(C)NC(=O)c2nccc3c2OCCNC3)n1.Cc1cccc2c(C(C)(C)CC(=O)c3cccc4c3OCCNC4)[nH]nc12.Cc1cccc2c(C(C)NC(=O)c3cccc4c3OCCNC4)noc12. The fourth-order valence-electron chi connectivity index (χ4n) is 18.3. The zero-order chi connectivity index (χ0) is 96.3. The summed E-state index contributed by atoms with van der Waals surface area (Å²) in [5, 5.41) is 46.1. The Morgan fingerprint density at radius 3 is 1.34 bits per heavy atom.